The lowest BCUT2D eigenvalue weighted by Crippen LogP contribution is -2.41. The average molecular weight is 419 g/mol. The molecule has 10 nitrogen and oxygen atoms in total. The second kappa shape index (κ2) is 8.57. The van der Waals surface area contributed by atoms with Gasteiger partial charge in [0.05, 0.1) is 16.5 Å². The maximum Gasteiger partial charge on any atom is 0.419 e. The lowest BCUT2D eigenvalue weighted by atomic mass is 10.2. The zero-order chi connectivity index (χ0) is 21.0. The van der Waals surface area contributed by atoms with Gasteiger partial charge in [-0.05, 0) is 30.7 Å². The molecule has 0 atom stereocenters. The van der Waals surface area contributed by atoms with E-state index >= 15 is 0 Å². The zero-order valence-electron chi connectivity index (χ0n) is 14.9. The van der Waals surface area contributed by atoms with Gasteiger partial charge in [-0.2, -0.15) is 0 Å². The summed E-state index contributed by atoms with van der Waals surface area (Å²) in [5.74, 6) is -1.63. The number of halogens is 1. The van der Waals surface area contributed by atoms with Crippen LogP contribution in [0.3, 0.4) is 0 Å². The molecule has 29 heavy (non-hydrogen) atoms. The third-order valence-corrected chi connectivity index (χ3v) is 4.29. The summed E-state index contributed by atoms with van der Waals surface area (Å²) in [7, 11) is 0. The number of nitro groups is 1. The number of hydrazine groups is 1. The number of rotatable bonds is 6. The van der Waals surface area contributed by atoms with Gasteiger partial charge < -0.3 is 4.42 Å². The lowest BCUT2D eigenvalue weighted by Gasteiger charge is -2.08. The van der Waals surface area contributed by atoms with Crippen LogP contribution in [0.15, 0.2) is 51.7 Å². The first-order valence-electron chi connectivity index (χ1n) is 8.47. The van der Waals surface area contributed by atoms with Crippen molar-refractivity contribution in [3.8, 4) is 0 Å². The van der Waals surface area contributed by atoms with E-state index in [0.717, 1.165) is 0 Å². The van der Waals surface area contributed by atoms with Gasteiger partial charge >= 0.3 is 5.76 Å². The summed E-state index contributed by atoms with van der Waals surface area (Å²) in [4.78, 5) is 46.0. The highest BCUT2D eigenvalue weighted by Gasteiger charge is 2.14. The summed E-state index contributed by atoms with van der Waals surface area (Å²) in [6.45, 7) is 0.166. The quantitative estimate of drug-likeness (QED) is 0.466. The first-order valence-corrected chi connectivity index (χ1v) is 8.85. The Bertz CT molecular complexity index is 1150. The molecule has 1 aromatic heterocycles. The van der Waals surface area contributed by atoms with Gasteiger partial charge in [0.1, 0.15) is 0 Å². The Kier molecular flexibility index (Phi) is 5.93. The van der Waals surface area contributed by atoms with E-state index in [0.29, 0.717) is 16.1 Å². The van der Waals surface area contributed by atoms with Crippen molar-refractivity contribution in [2.45, 2.75) is 19.4 Å². The number of hydrogen-bond acceptors (Lipinski definition) is 6. The third kappa shape index (κ3) is 4.79. The molecule has 1 heterocycles. The van der Waals surface area contributed by atoms with E-state index in [1.54, 1.807) is 18.2 Å². The minimum Gasteiger partial charge on any atom is -0.407 e. The largest absolute Gasteiger partial charge is 0.419 e. The Hall–Kier alpha value is -3.66. The van der Waals surface area contributed by atoms with Crippen LogP contribution in [0.1, 0.15) is 23.2 Å². The Balaban J connectivity index is 1.54. The zero-order valence-corrected chi connectivity index (χ0v) is 15.6. The Morgan fingerprint density at radius 1 is 1.17 bits per heavy atom. The number of amides is 2. The van der Waals surface area contributed by atoms with Gasteiger partial charge in [0, 0.05) is 29.6 Å². The molecule has 0 saturated heterocycles. The van der Waals surface area contributed by atoms with Crippen LogP contribution in [0, 0.1) is 10.1 Å². The van der Waals surface area contributed by atoms with Crippen molar-refractivity contribution in [1.82, 2.24) is 15.4 Å². The molecule has 2 N–H and O–H groups in total. The van der Waals surface area contributed by atoms with Gasteiger partial charge in [0.25, 0.3) is 11.6 Å². The fourth-order valence-electron chi connectivity index (χ4n) is 2.67. The van der Waals surface area contributed by atoms with Crippen molar-refractivity contribution in [3.63, 3.8) is 0 Å². The summed E-state index contributed by atoms with van der Waals surface area (Å²) in [5, 5.41) is 11.2. The maximum absolute atomic E-state index is 12.0. The number of non-ortho nitro benzene ring substituents is 1. The van der Waals surface area contributed by atoms with Gasteiger partial charge in [0.15, 0.2) is 5.58 Å². The summed E-state index contributed by atoms with van der Waals surface area (Å²) in [6, 6.07) is 10.1. The summed E-state index contributed by atoms with van der Waals surface area (Å²) < 4.78 is 6.31. The van der Waals surface area contributed by atoms with Gasteiger partial charge in [-0.1, -0.05) is 17.7 Å². The van der Waals surface area contributed by atoms with Crippen molar-refractivity contribution < 1.29 is 18.9 Å². The molecule has 0 fully saturated rings. The van der Waals surface area contributed by atoms with Crippen LogP contribution in [0.4, 0.5) is 5.69 Å². The van der Waals surface area contributed by atoms with E-state index in [1.807, 2.05) is 0 Å². The van der Waals surface area contributed by atoms with Crippen LogP contribution in [0.25, 0.3) is 11.1 Å². The van der Waals surface area contributed by atoms with Crippen molar-refractivity contribution in [2.24, 2.45) is 0 Å². The first kappa shape index (κ1) is 20.1. The summed E-state index contributed by atoms with van der Waals surface area (Å²) >= 11 is 5.81. The Morgan fingerprint density at radius 2 is 1.97 bits per heavy atom. The molecule has 150 valence electrons. The molecular weight excluding hydrogens is 404 g/mol. The molecule has 2 amide bonds. The number of carbonyl (C=O) groups is 2. The van der Waals surface area contributed by atoms with Crippen LogP contribution >= 0.6 is 11.6 Å². The Labute approximate surface area is 168 Å². The molecule has 0 aliphatic carbocycles. The number of hydrogen-bond donors (Lipinski definition) is 2. The number of aromatic nitrogens is 1. The van der Waals surface area contributed by atoms with Gasteiger partial charge in [-0.15, -0.1) is 0 Å². The van der Waals surface area contributed by atoms with E-state index in [2.05, 4.69) is 10.9 Å². The Morgan fingerprint density at radius 3 is 2.69 bits per heavy atom. The molecule has 2 aromatic carbocycles. The number of nitrogens with one attached hydrogen (secondary N) is 2. The van der Waals surface area contributed by atoms with E-state index in [1.165, 1.54) is 28.8 Å². The smallest absolute Gasteiger partial charge is 0.407 e. The predicted octanol–water partition coefficient (Wildman–Crippen LogP) is 2.40. The normalized spacial score (nSPS) is 10.7. The van der Waals surface area contributed by atoms with E-state index in [-0.39, 0.29) is 30.7 Å². The fourth-order valence-corrected chi connectivity index (χ4v) is 2.86. The number of fused-ring (bicyclic) bond motifs is 1. The summed E-state index contributed by atoms with van der Waals surface area (Å²) in [6.07, 6.45) is 0.312. The van der Waals surface area contributed by atoms with Crippen LogP contribution in [0.5, 0.6) is 0 Å². The van der Waals surface area contributed by atoms with Gasteiger partial charge in [-0.25, -0.2) is 4.79 Å². The summed E-state index contributed by atoms with van der Waals surface area (Å²) in [5.41, 5.74) is 5.17. The topological polar surface area (TPSA) is 136 Å². The number of carbonyl (C=O) groups excluding carboxylic acids is 2. The van der Waals surface area contributed by atoms with Crippen molar-refractivity contribution >= 4 is 40.2 Å². The van der Waals surface area contributed by atoms with Crippen LogP contribution < -0.4 is 16.6 Å². The molecular formula is C18H15ClN4O6. The van der Waals surface area contributed by atoms with Gasteiger partial charge in [0.2, 0.25) is 5.91 Å². The number of nitro benzene ring substituents is 1. The third-order valence-electron chi connectivity index (χ3n) is 4.05. The fraction of sp³-hybridized carbons (Fsp3) is 0.167. The van der Waals surface area contributed by atoms with E-state index in [4.69, 9.17) is 16.0 Å². The highest BCUT2D eigenvalue weighted by molar-refractivity contribution is 6.30. The van der Waals surface area contributed by atoms with Crippen LogP contribution in [0.2, 0.25) is 5.02 Å². The molecule has 0 aliphatic heterocycles. The standard InChI is InChI=1S/C18H15ClN4O6/c19-12-4-1-3-11(9-12)17(25)21-20-16(24)5-2-8-22-14-7-6-13(23(27)28)10-15(14)29-18(22)26/h1,3-4,6-7,9-10H,2,5,8H2,(H,20,24)(H,21,25). The minimum atomic E-state index is -0.671. The number of nitrogens with zero attached hydrogens (tertiary/aromatic N) is 2. The number of aryl methyl sites for hydroxylation is 1. The van der Waals surface area contributed by atoms with Crippen LogP contribution in [-0.4, -0.2) is 21.3 Å². The second-order valence-corrected chi connectivity index (χ2v) is 6.48. The molecule has 0 aliphatic rings. The molecule has 0 bridgehead atoms. The van der Waals surface area contributed by atoms with E-state index < -0.39 is 22.5 Å². The molecule has 0 spiro atoms. The molecule has 3 rings (SSSR count). The minimum absolute atomic E-state index is 0.0297. The molecule has 0 saturated carbocycles. The lowest BCUT2D eigenvalue weighted by molar-refractivity contribution is -0.384. The molecule has 3 aromatic rings. The highest BCUT2D eigenvalue weighted by Crippen LogP contribution is 2.20. The van der Waals surface area contributed by atoms with Crippen molar-refractivity contribution in [1.29, 1.82) is 0 Å². The first-order chi connectivity index (χ1) is 13.8. The maximum atomic E-state index is 12.0. The molecule has 0 unspecified atom stereocenters. The second-order valence-electron chi connectivity index (χ2n) is 6.04. The average Bonchev–Trinajstić information content (AvgIpc) is 3.00. The van der Waals surface area contributed by atoms with Crippen molar-refractivity contribution in [3.05, 3.63) is 73.7 Å². The van der Waals surface area contributed by atoms with Crippen molar-refractivity contribution in [2.75, 3.05) is 0 Å². The van der Waals surface area contributed by atoms with E-state index in [9.17, 15) is 24.5 Å². The van der Waals surface area contributed by atoms with Crippen LogP contribution in [-0.2, 0) is 11.3 Å². The number of benzene rings is 2. The SMILES string of the molecule is O=C(CCCn1c(=O)oc2cc([N+](=O)[O-])ccc21)NNC(=O)c1cccc(Cl)c1. The molecule has 11 heteroatoms. The predicted molar refractivity (Wildman–Crippen MR) is 103 cm³/mol. The highest BCUT2D eigenvalue weighted by atomic mass is 35.5. The number of oxazole rings is 1. The van der Waals surface area contributed by atoms with Gasteiger partial charge in [-0.3, -0.25) is 35.1 Å². The molecule has 0 radical (unpaired) electrons. The monoisotopic (exact) mass is 418 g/mol.